The van der Waals surface area contributed by atoms with Crippen LogP contribution < -0.4 is 5.32 Å². The zero-order valence-electron chi connectivity index (χ0n) is 14.7. The molecule has 0 aliphatic carbocycles. The van der Waals surface area contributed by atoms with Crippen molar-refractivity contribution in [2.45, 2.75) is 18.5 Å². The van der Waals surface area contributed by atoms with Crippen LogP contribution in [0.25, 0.3) is 22.9 Å². The third kappa shape index (κ3) is 4.26. The van der Waals surface area contributed by atoms with E-state index in [1.54, 1.807) is 36.8 Å². The van der Waals surface area contributed by atoms with E-state index in [1.807, 2.05) is 6.92 Å². The maximum absolute atomic E-state index is 12.0. The van der Waals surface area contributed by atoms with Crippen LogP contribution >= 0.6 is 23.1 Å². The van der Waals surface area contributed by atoms with Gasteiger partial charge in [0.1, 0.15) is 10.7 Å². The summed E-state index contributed by atoms with van der Waals surface area (Å²) in [5.74, 6) is 1.46. The number of nitrogens with one attached hydrogen (secondary N) is 1. The molecular weight excluding hydrogens is 400 g/mol. The smallest absolute Gasteiger partial charge is 0.227 e. The van der Waals surface area contributed by atoms with Gasteiger partial charge in [-0.3, -0.25) is 4.79 Å². The summed E-state index contributed by atoms with van der Waals surface area (Å²) in [5.41, 5.74) is 1.03. The molecule has 4 aromatic rings. The van der Waals surface area contributed by atoms with Gasteiger partial charge in [0.15, 0.2) is 17.2 Å². The number of hydrogen-bond donors (Lipinski definition) is 1. The number of rotatable bonds is 7. The highest BCUT2D eigenvalue weighted by atomic mass is 32.2. The first-order valence-electron chi connectivity index (χ1n) is 8.24. The van der Waals surface area contributed by atoms with Crippen molar-refractivity contribution in [3.05, 3.63) is 41.8 Å². The molecule has 4 rings (SSSR count). The molecule has 0 fully saturated rings. The van der Waals surface area contributed by atoms with Gasteiger partial charge in [0, 0.05) is 12.2 Å². The summed E-state index contributed by atoms with van der Waals surface area (Å²) in [6, 6.07) is 7.12. The molecule has 0 aliphatic heterocycles. The molecule has 0 atom stereocenters. The SMILES string of the molecule is Cc1nnc(NC(=O)CCSc2nnc(-c3ccco3)c(-c3ccco3)n2)s1. The Kier molecular flexibility index (Phi) is 5.44. The van der Waals surface area contributed by atoms with Gasteiger partial charge in [-0.1, -0.05) is 23.1 Å². The Labute approximate surface area is 167 Å². The first-order chi connectivity index (χ1) is 13.7. The molecule has 0 saturated heterocycles. The summed E-state index contributed by atoms with van der Waals surface area (Å²) in [4.78, 5) is 16.5. The molecule has 0 unspecified atom stereocenters. The van der Waals surface area contributed by atoms with E-state index >= 15 is 0 Å². The van der Waals surface area contributed by atoms with Gasteiger partial charge in [-0.2, -0.15) is 0 Å². The van der Waals surface area contributed by atoms with E-state index in [0.29, 0.717) is 38.9 Å². The molecule has 0 radical (unpaired) electrons. The van der Waals surface area contributed by atoms with Crippen LogP contribution in [0.1, 0.15) is 11.4 Å². The lowest BCUT2D eigenvalue weighted by Gasteiger charge is -2.05. The number of carbonyl (C=O) groups is 1. The van der Waals surface area contributed by atoms with Gasteiger partial charge in [0.05, 0.1) is 12.5 Å². The second-order valence-electron chi connectivity index (χ2n) is 5.52. The Morgan fingerprint density at radius 3 is 2.46 bits per heavy atom. The number of amides is 1. The maximum Gasteiger partial charge on any atom is 0.227 e. The molecule has 0 saturated carbocycles. The van der Waals surface area contributed by atoms with Crippen molar-refractivity contribution in [3.63, 3.8) is 0 Å². The highest BCUT2D eigenvalue weighted by Crippen LogP contribution is 2.30. The molecule has 1 amide bonds. The van der Waals surface area contributed by atoms with Crippen molar-refractivity contribution in [3.8, 4) is 22.9 Å². The van der Waals surface area contributed by atoms with Crippen LogP contribution in [0.4, 0.5) is 5.13 Å². The quantitative estimate of drug-likeness (QED) is 0.451. The van der Waals surface area contributed by atoms with E-state index in [0.717, 1.165) is 5.01 Å². The zero-order valence-corrected chi connectivity index (χ0v) is 16.3. The standard InChI is InChI=1S/C17H14N6O3S2/c1-10-20-23-17(28-10)18-13(24)6-9-27-16-19-14(11-4-2-7-25-11)15(21-22-16)12-5-3-8-26-12/h2-5,7-8H,6,9H2,1H3,(H,18,23,24). The van der Waals surface area contributed by atoms with Crippen molar-refractivity contribution in [2.75, 3.05) is 11.1 Å². The van der Waals surface area contributed by atoms with Gasteiger partial charge < -0.3 is 14.2 Å². The van der Waals surface area contributed by atoms with Gasteiger partial charge >= 0.3 is 0 Å². The van der Waals surface area contributed by atoms with Crippen molar-refractivity contribution in [1.82, 2.24) is 25.4 Å². The summed E-state index contributed by atoms with van der Waals surface area (Å²) >= 11 is 2.66. The topological polar surface area (TPSA) is 120 Å². The van der Waals surface area contributed by atoms with Crippen LogP contribution in [-0.4, -0.2) is 37.0 Å². The minimum absolute atomic E-state index is 0.143. The molecule has 0 aromatic carbocycles. The first-order valence-corrected chi connectivity index (χ1v) is 10.0. The number of thioether (sulfide) groups is 1. The molecule has 11 heteroatoms. The molecule has 142 valence electrons. The van der Waals surface area contributed by atoms with Crippen molar-refractivity contribution < 1.29 is 13.6 Å². The number of hydrogen-bond acceptors (Lipinski definition) is 10. The van der Waals surface area contributed by atoms with Gasteiger partial charge in [-0.25, -0.2) is 4.98 Å². The minimum atomic E-state index is -0.143. The summed E-state index contributed by atoms with van der Waals surface area (Å²) in [7, 11) is 0. The Morgan fingerprint density at radius 1 is 1.07 bits per heavy atom. The third-order valence-corrected chi connectivity index (χ3v) is 5.10. The van der Waals surface area contributed by atoms with Crippen molar-refractivity contribution in [1.29, 1.82) is 0 Å². The van der Waals surface area contributed by atoms with Gasteiger partial charge in [0.25, 0.3) is 0 Å². The van der Waals surface area contributed by atoms with Gasteiger partial charge in [0.2, 0.25) is 16.2 Å². The predicted molar refractivity (Wildman–Crippen MR) is 104 cm³/mol. The normalized spacial score (nSPS) is 10.9. The number of furan rings is 2. The Hall–Kier alpha value is -3.05. The monoisotopic (exact) mass is 414 g/mol. The van der Waals surface area contributed by atoms with E-state index in [-0.39, 0.29) is 12.3 Å². The predicted octanol–water partition coefficient (Wildman–Crippen LogP) is 3.67. The molecule has 4 heterocycles. The average molecular weight is 414 g/mol. The molecule has 1 N–H and O–H groups in total. The van der Waals surface area contributed by atoms with Crippen LogP contribution in [0.2, 0.25) is 0 Å². The second kappa shape index (κ2) is 8.31. The van der Waals surface area contributed by atoms with E-state index in [9.17, 15) is 4.79 Å². The van der Waals surface area contributed by atoms with Crippen molar-refractivity contribution in [2.24, 2.45) is 0 Å². The molecule has 0 aliphatic rings. The maximum atomic E-state index is 12.0. The van der Waals surface area contributed by atoms with Gasteiger partial charge in [-0.15, -0.1) is 20.4 Å². The molecule has 0 bridgehead atoms. The van der Waals surface area contributed by atoms with Crippen molar-refractivity contribution >= 4 is 34.1 Å². The van der Waals surface area contributed by atoms with Crippen LogP contribution in [-0.2, 0) is 4.79 Å². The van der Waals surface area contributed by atoms with Crippen LogP contribution in [0, 0.1) is 6.92 Å². The third-order valence-electron chi connectivity index (χ3n) is 3.51. The van der Waals surface area contributed by atoms with E-state index in [2.05, 4.69) is 30.7 Å². The first kappa shape index (κ1) is 18.3. The Bertz CT molecular complexity index is 1060. The number of carbonyl (C=O) groups excluding carboxylic acids is 1. The minimum Gasteiger partial charge on any atom is -0.463 e. The zero-order chi connectivity index (χ0) is 19.3. The van der Waals surface area contributed by atoms with E-state index < -0.39 is 0 Å². The molecule has 9 nitrogen and oxygen atoms in total. The highest BCUT2D eigenvalue weighted by molar-refractivity contribution is 7.99. The second-order valence-corrected chi connectivity index (χ2v) is 7.76. The summed E-state index contributed by atoms with van der Waals surface area (Å²) < 4.78 is 10.9. The lowest BCUT2D eigenvalue weighted by atomic mass is 10.2. The largest absolute Gasteiger partial charge is 0.463 e. The number of aromatic nitrogens is 5. The average Bonchev–Trinajstić information content (AvgIpc) is 3.45. The number of nitrogens with zero attached hydrogens (tertiary/aromatic N) is 5. The Morgan fingerprint density at radius 2 is 1.82 bits per heavy atom. The van der Waals surface area contributed by atoms with E-state index in [4.69, 9.17) is 8.83 Å². The molecular formula is C17H14N6O3S2. The summed E-state index contributed by atoms with van der Waals surface area (Å²) in [6.07, 6.45) is 3.40. The fourth-order valence-corrected chi connectivity index (χ4v) is 3.63. The lowest BCUT2D eigenvalue weighted by Crippen LogP contribution is -2.12. The van der Waals surface area contributed by atoms with Gasteiger partial charge in [-0.05, 0) is 31.2 Å². The summed E-state index contributed by atoms with van der Waals surface area (Å²) in [6.45, 7) is 1.83. The molecule has 0 spiro atoms. The Balaban J connectivity index is 1.44. The fourth-order valence-electron chi connectivity index (χ4n) is 2.30. The fraction of sp³-hybridized carbons (Fsp3) is 0.176. The van der Waals surface area contributed by atoms with Crippen LogP contribution in [0.5, 0.6) is 0 Å². The number of aryl methyl sites for hydroxylation is 1. The number of anilines is 1. The summed E-state index contributed by atoms with van der Waals surface area (Å²) in [5, 5.41) is 20.6. The molecule has 4 aromatic heterocycles. The highest BCUT2D eigenvalue weighted by Gasteiger charge is 2.18. The van der Waals surface area contributed by atoms with Crippen LogP contribution in [0.15, 0.2) is 50.8 Å². The lowest BCUT2D eigenvalue weighted by molar-refractivity contribution is -0.115. The van der Waals surface area contributed by atoms with E-state index in [1.165, 1.54) is 23.1 Å². The van der Waals surface area contributed by atoms with Crippen LogP contribution in [0.3, 0.4) is 0 Å². The molecule has 28 heavy (non-hydrogen) atoms.